The Bertz CT molecular complexity index is 680. The van der Waals surface area contributed by atoms with Crippen molar-refractivity contribution in [3.05, 3.63) is 54.1 Å². The number of benzene rings is 2. The van der Waals surface area contributed by atoms with Gasteiger partial charge in [0.05, 0.1) is 18.8 Å². The number of hydrogen-bond donors (Lipinski definition) is 3. The van der Waals surface area contributed by atoms with Crippen LogP contribution in [-0.4, -0.2) is 30.8 Å². The van der Waals surface area contributed by atoms with Crippen molar-refractivity contribution >= 4 is 17.3 Å². The summed E-state index contributed by atoms with van der Waals surface area (Å²) in [6.07, 6.45) is 0. The number of aliphatic hydroxyl groups excluding tert-OH is 1. The van der Waals surface area contributed by atoms with Gasteiger partial charge in [-0.25, -0.2) is 8.78 Å². The van der Waals surface area contributed by atoms with Gasteiger partial charge < -0.3 is 20.5 Å². The summed E-state index contributed by atoms with van der Waals surface area (Å²) in [5.41, 5.74) is 0.752. The van der Waals surface area contributed by atoms with E-state index in [1.54, 1.807) is 6.07 Å². The van der Waals surface area contributed by atoms with E-state index in [1.807, 2.05) is 0 Å². The highest BCUT2D eigenvalue weighted by atomic mass is 19.1. The fourth-order valence-electron chi connectivity index (χ4n) is 1.86. The van der Waals surface area contributed by atoms with Crippen LogP contribution in [-0.2, 0) is 4.79 Å². The Balaban J connectivity index is 1.95. The lowest BCUT2D eigenvalue weighted by Gasteiger charge is -2.13. The van der Waals surface area contributed by atoms with E-state index in [1.165, 1.54) is 30.3 Å². The average Bonchev–Trinajstić information content (AvgIpc) is 2.52. The average molecular weight is 322 g/mol. The van der Waals surface area contributed by atoms with E-state index in [-0.39, 0.29) is 25.5 Å². The van der Waals surface area contributed by atoms with E-state index in [0.717, 1.165) is 6.07 Å². The monoisotopic (exact) mass is 322 g/mol. The van der Waals surface area contributed by atoms with Crippen LogP contribution in [0.1, 0.15) is 0 Å². The molecule has 0 fully saturated rings. The first-order valence-corrected chi connectivity index (χ1v) is 6.91. The van der Waals surface area contributed by atoms with Gasteiger partial charge in [-0.05, 0) is 30.3 Å². The number of hydrogen-bond acceptors (Lipinski definition) is 4. The molecule has 2 rings (SSSR count). The van der Waals surface area contributed by atoms with Crippen LogP contribution < -0.4 is 15.4 Å². The zero-order valence-corrected chi connectivity index (χ0v) is 12.2. The van der Waals surface area contributed by atoms with Crippen molar-refractivity contribution in [1.82, 2.24) is 0 Å². The maximum absolute atomic E-state index is 13.2. The first-order valence-electron chi connectivity index (χ1n) is 6.91. The minimum absolute atomic E-state index is 0.00756. The van der Waals surface area contributed by atoms with Crippen LogP contribution in [0.5, 0.6) is 5.75 Å². The zero-order valence-electron chi connectivity index (χ0n) is 12.2. The topological polar surface area (TPSA) is 70.6 Å². The molecule has 7 heteroatoms. The molecule has 0 bridgehead atoms. The van der Waals surface area contributed by atoms with Crippen LogP contribution >= 0.6 is 0 Å². The molecule has 0 aliphatic carbocycles. The zero-order chi connectivity index (χ0) is 16.7. The molecular weight excluding hydrogens is 306 g/mol. The molecule has 0 heterocycles. The van der Waals surface area contributed by atoms with Gasteiger partial charge in [0.25, 0.3) is 0 Å². The lowest BCUT2D eigenvalue weighted by molar-refractivity contribution is -0.114. The van der Waals surface area contributed by atoms with Crippen LogP contribution in [0, 0.1) is 11.6 Å². The maximum atomic E-state index is 13.2. The first-order chi connectivity index (χ1) is 11.1. The number of halogens is 2. The summed E-state index contributed by atoms with van der Waals surface area (Å²) < 4.78 is 31.5. The van der Waals surface area contributed by atoms with Crippen molar-refractivity contribution in [1.29, 1.82) is 0 Å². The van der Waals surface area contributed by atoms with E-state index >= 15 is 0 Å². The predicted octanol–water partition coefficient (Wildman–Crippen LogP) is 2.39. The molecule has 0 saturated carbocycles. The Morgan fingerprint density at radius 1 is 1.13 bits per heavy atom. The predicted molar refractivity (Wildman–Crippen MR) is 82.5 cm³/mol. The van der Waals surface area contributed by atoms with Gasteiger partial charge in [-0.1, -0.05) is 6.07 Å². The molecule has 5 nitrogen and oxygen atoms in total. The van der Waals surface area contributed by atoms with Gasteiger partial charge in [0.1, 0.15) is 24.0 Å². The second-order valence-electron chi connectivity index (χ2n) is 4.62. The number of aliphatic hydroxyl groups is 1. The summed E-state index contributed by atoms with van der Waals surface area (Å²) in [5.74, 6) is -1.15. The van der Waals surface area contributed by atoms with Gasteiger partial charge in [-0.3, -0.25) is 4.79 Å². The minimum Gasteiger partial charge on any atom is -0.489 e. The summed E-state index contributed by atoms with van der Waals surface area (Å²) in [4.78, 5) is 11.8. The van der Waals surface area contributed by atoms with Crippen molar-refractivity contribution in [3.8, 4) is 5.75 Å². The molecule has 1 amide bonds. The number of carbonyl (C=O) groups excluding carboxylic acids is 1. The fraction of sp³-hybridized carbons (Fsp3) is 0.188. The lowest BCUT2D eigenvalue weighted by Crippen LogP contribution is -2.22. The Labute approximate surface area is 131 Å². The van der Waals surface area contributed by atoms with Crippen molar-refractivity contribution in [2.24, 2.45) is 0 Å². The third-order valence-electron chi connectivity index (χ3n) is 2.84. The van der Waals surface area contributed by atoms with E-state index < -0.39 is 17.5 Å². The number of amides is 1. The number of rotatable bonds is 7. The molecule has 2 aromatic rings. The van der Waals surface area contributed by atoms with Crippen LogP contribution in [0.15, 0.2) is 42.5 Å². The molecule has 0 aromatic heterocycles. The van der Waals surface area contributed by atoms with Gasteiger partial charge >= 0.3 is 0 Å². The van der Waals surface area contributed by atoms with E-state index in [2.05, 4.69) is 10.6 Å². The van der Waals surface area contributed by atoms with Crippen LogP contribution in [0.2, 0.25) is 0 Å². The molecule has 3 N–H and O–H groups in total. The number of nitrogens with one attached hydrogen (secondary N) is 2. The van der Waals surface area contributed by atoms with Crippen molar-refractivity contribution < 1.29 is 23.4 Å². The summed E-state index contributed by atoms with van der Waals surface area (Å²) in [6.45, 7) is -0.318. The summed E-state index contributed by atoms with van der Waals surface area (Å²) in [7, 11) is 0. The molecule has 0 aliphatic rings. The van der Waals surface area contributed by atoms with Gasteiger partial charge in [-0.2, -0.15) is 0 Å². The van der Waals surface area contributed by atoms with Crippen LogP contribution in [0.25, 0.3) is 0 Å². The van der Waals surface area contributed by atoms with Gasteiger partial charge in [0.15, 0.2) is 0 Å². The highest BCUT2D eigenvalue weighted by Crippen LogP contribution is 2.25. The van der Waals surface area contributed by atoms with E-state index in [4.69, 9.17) is 9.84 Å². The SMILES string of the molecule is O=C(CNc1ccc(F)cc1OCCO)Nc1cccc(F)c1. The van der Waals surface area contributed by atoms with Gasteiger partial charge in [-0.15, -0.1) is 0 Å². The smallest absolute Gasteiger partial charge is 0.243 e. The second-order valence-corrected chi connectivity index (χ2v) is 4.62. The maximum Gasteiger partial charge on any atom is 0.243 e. The van der Waals surface area contributed by atoms with Crippen LogP contribution in [0.3, 0.4) is 0 Å². The van der Waals surface area contributed by atoms with Gasteiger partial charge in [0, 0.05) is 11.8 Å². The minimum atomic E-state index is -0.493. The number of anilines is 2. The lowest BCUT2D eigenvalue weighted by atomic mass is 10.2. The normalized spacial score (nSPS) is 10.2. The number of carbonyl (C=O) groups is 1. The Hall–Kier alpha value is -2.67. The van der Waals surface area contributed by atoms with Crippen molar-refractivity contribution in [2.45, 2.75) is 0 Å². The molecule has 122 valence electrons. The summed E-state index contributed by atoms with van der Waals surface area (Å²) in [6, 6.07) is 9.33. The molecule has 0 aliphatic heterocycles. The molecule has 0 atom stereocenters. The van der Waals surface area contributed by atoms with Crippen molar-refractivity contribution in [3.63, 3.8) is 0 Å². The molecule has 0 unspecified atom stereocenters. The Morgan fingerprint density at radius 3 is 2.65 bits per heavy atom. The largest absolute Gasteiger partial charge is 0.489 e. The van der Waals surface area contributed by atoms with E-state index in [9.17, 15) is 13.6 Å². The molecular formula is C16H16F2N2O3. The molecule has 23 heavy (non-hydrogen) atoms. The standard InChI is InChI=1S/C16H16F2N2O3/c17-11-2-1-3-13(8-11)20-16(22)10-19-14-5-4-12(18)9-15(14)23-7-6-21/h1-5,8-9,19,21H,6-7,10H2,(H,20,22). The summed E-state index contributed by atoms with van der Waals surface area (Å²) >= 11 is 0. The third kappa shape index (κ3) is 5.23. The highest BCUT2D eigenvalue weighted by molar-refractivity contribution is 5.93. The molecule has 0 spiro atoms. The van der Waals surface area contributed by atoms with Crippen LogP contribution in [0.4, 0.5) is 20.2 Å². The summed E-state index contributed by atoms with van der Waals surface area (Å²) in [5, 5.41) is 14.1. The van der Waals surface area contributed by atoms with Gasteiger partial charge in [0.2, 0.25) is 5.91 Å². The Kier molecular flexibility index (Phi) is 5.87. The molecule has 0 saturated heterocycles. The second kappa shape index (κ2) is 8.09. The third-order valence-corrected chi connectivity index (χ3v) is 2.84. The first kappa shape index (κ1) is 16.7. The Morgan fingerprint density at radius 2 is 1.91 bits per heavy atom. The van der Waals surface area contributed by atoms with Crippen molar-refractivity contribution in [2.75, 3.05) is 30.4 Å². The van der Waals surface area contributed by atoms with E-state index in [0.29, 0.717) is 11.4 Å². The fourth-order valence-corrected chi connectivity index (χ4v) is 1.86. The number of ether oxygens (including phenoxy) is 1. The molecule has 0 radical (unpaired) electrons. The molecule has 2 aromatic carbocycles. The highest BCUT2D eigenvalue weighted by Gasteiger charge is 2.08. The quantitative estimate of drug-likeness (QED) is 0.732.